The van der Waals surface area contributed by atoms with Crippen LogP contribution in [0.25, 0.3) is 0 Å². The number of carbonyl (C=O) groups is 2. The lowest BCUT2D eigenvalue weighted by atomic mass is 9.91. The molecule has 0 spiro atoms. The Labute approximate surface area is 87.2 Å². The van der Waals surface area contributed by atoms with Gasteiger partial charge in [-0.3, -0.25) is 9.59 Å². The molecule has 0 radical (unpaired) electrons. The highest BCUT2D eigenvalue weighted by Gasteiger charge is 2.38. The average Bonchev–Trinajstić information content (AvgIpc) is 2.42. The first kappa shape index (κ1) is 9.83. The quantitative estimate of drug-likeness (QED) is 0.681. The standard InChI is InChI=1S/C9H14N2O2S/c1-5(12)10-6-2-3-7-8(4-6)14-9(13)11-7/h6-8H,2-4H2,1H3,(H,10,12)(H,11,13). The molecule has 2 amide bonds. The Morgan fingerprint density at radius 2 is 2.36 bits per heavy atom. The van der Waals surface area contributed by atoms with Gasteiger partial charge in [0.25, 0.3) is 5.24 Å². The van der Waals surface area contributed by atoms with Gasteiger partial charge in [-0.1, -0.05) is 11.8 Å². The normalized spacial score (nSPS) is 36.1. The molecule has 2 N–H and O–H groups in total. The summed E-state index contributed by atoms with van der Waals surface area (Å²) in [6, 6.07) is 0.589. The van der Waals surface area contributed by atoms with Crippen LogP contribution in [-0.2, 0) is 4.79 Å². The Bertz CT molecular complexity index is 270. The third kappa shape index (κ3) is 2.03. The lowest BCUT2D eigenvalue weighted by Crippen LogP contribution is -2.44. The monoisotopic (exact) mass is 214 g/mol. The van der Waals surface area contributed by atoms with Crippen molar-refractivity contribution in [2.24, 2.45) is 0 Å². The summed E-state index contributed by atoms with van der Waals surface area (Å²) in [4.78, 5) is 22.0. The molecule has 3 atom stereocenters. The number of thioether (sulfide) groups is 1. The molecular formula is C9H14N2O2S. The van der Waals surface area contributed by atoms with Gasteiger partial charge in [-0.2, -0.15) is 0 Å². The van der Waals surface area contributed by atoms with E-state index in [9.17, 15) is 9.59 Å². The van der Waals surface area contributed by atoms with Crippen LogP contribution in [0.1, 0.15) is 26.2 Å². The Morgan fingerprint density at radius 3 is 3.07 bits per heavy atom. The number of rotatable bonds is 1. The Kier molecular flexibility index (Phi) is 2.67. The molecule has 14 heavy (non-hydrogen) atoms. The maximum absolute atomic E-state index is 11.1. The van der Waals surface area contributed by atoms with E-state index in [0.717, 1.165) is 19.3 Å². The summed E-state index contributed by atoms with van der Waals surface area (Å²) in [5.41, 5.74) is 0. The maximum atomic E-state index is 11.1. The summed E-state index contributed by atoms with van der Waals surface area (Å²) in [5, 5.41) is 6.30. The van der Waals surface area contributed by atoms with Crippen molar-refractivity contribution in [1.29, 1.82) is 0 Å². The minimum atomic E-state index is 0.0238. The number of nitrogens with one attached hydrogen (secondary N) is 2. The van der Waals surface area contributed by atoms with Crippen LogP contribution < -0.4 is 10.6 Å². The Balaban J connectivity index is 1.91. The number of carbonyl (C=O) groups excluding carboxylic acids is 2. The van der Waals surface area contributed by atoms with Crippen LogP contribution in [0.4, 0.5) is 4.79 Å². The predicted molar refractivity (Wildman–Crippen MR) is 55.2 cm³/mol. The van der Waals surface area contributed by atoms with Gasteiger partial charge in [-0.15, -0.1) is 0 Å². The number of hydrogen-bond acceptors (Lipinski definition) is 3. The SMILES string of the molecule is CC(=O)NC1CCC2NC(=O)SC2C1. The zero-order valence-corrected chi connectivity index (χ0v) is 8.89. The van der Waals surface area contributed by atoms with Gasteiger partial charge in [0.05, 0.1) is 0 Å². The Hall–Kier alpha value is -0.710. The molecule has 78 valence electrons. The fraction of sp³-hybridized carbons (Fsp3) is 0.778. The van der Waals surface area contributed by atoms with Crippen LogP contribution >= 0.6 is 11.8 Å². The largest absolute Gasteiger partial charge is 0.354 e. The molecular weight excluding hydrogens is 200 g/mol. The second-order valence-electron chi connectivity index (χ2n) is 3.91. The van der Waals surface area contributed by atoms with Crippen LogP contribution in [0.5, 0.6) is 0 Å². The summed E-state index contributed by atoms with van der Waals surface area (Å²) in [6.07, 6.45) is 2.86. The predicted octanol–water partition coefficient (Wildman–Crippen LogP) is 0.869. The lowest BCUT2D eigenvalue weighted by molar-refractivity contribution is -0.119. The highest BCUT2D eigenvalue weighted by molar-refractivity contribution is 8.14. The molecule has 1 aliphatic heterocycles. The van der Waals surface area contributed by atoms with Crippen LogP contribution in [0.2, 0.25) is 0 Å². The molecule has 4 nitrogen and oxygen atoms in total. The molecule has 1 heterocycles. The second-order valence-corrected chi connectivity index (χ2v) is 5.12. The molecule has 1 saturated carbocycles. The molecule has 0 aromatic carbocycles. The maximum Gasteiger partial charge on any atom is 0.279 e. The van der Waals surface area contributed by atoms with Crippen molar-refractivity contribution in [1.82, 2.24) is 10.6 Å². The van der Waals surface area contributed by atoms with E-state index in [1.54, 1.807) is 0 Å². The van der Waals surface area contributed by atoms with Gasteiger partial charge in [0.15, 0.2) is 0 Å². The van der Waals surface area contributed by atoms with Gasteiger partial charge in [0.2, 0.25) is 5.91 Å². The first-order valence-electron chi connectivity index (χ1n) is 4.89. The van der Waals surface area contributed by atoms with Crippen LogP contribution in [0, 0.1) is 0 Å². The van der Waals surface area contributed by atoms with E-state index in [1.165, 1.54) is 18.7 Å². The Morgan fingerprint density at radius 1 is 1.57 bits per heavy atom. The minimum absolute atomic E-state index is 0.0238. The minimum Gasteiger partial charge on any atom is -0.354 e. The van der Waals surface area contributed by atoms with Gasteiger partial charge < -0.3 is 10.6 Å². The van der Waals surface area contributed by atoms with Crippen LogP contribution in [0.3, 0.4) is 0 Å². The van der Waals surface area contributed by atoms with Crippen molar-refractivity contribution in [3.8, 4) is 0 Å². The third-order valence-corrected chi connectivity index (χ3v) is 3.92. The molecule has 1 saturated heterocycles. The van der Waals surface area contributed by atoms with Gasteiger partial charge in [0.1, 0.15) is 0 Å². The van der Waals surface area contributed by atoms with Crippen molar-refractivity contribution >= 4 is 22.9 Å². The fourth-order valence-corrected chi connectivity index (χ4v) is 3.36. The van der Waals surface area contributed by atoms with E-state index >= 15 is 0 Å². The number of fused-ring (bicyclic) bond motifs is 1. The van der Waals surface area contributed by atoms with Gasteiger partial charge in [-0.05, 0) is 19.3 Å². The summed E-state index contributed by atoms with van der Waals surface area (Å²) in [6.45, 7) is 1.54. The summed E-state index contributed by atoms with van der Waals surface area (Å²) < 4.78 is 0. The number of hydrogen-bond donors (Lipinski definition) is 2. The molecule has 0 aromatic heterocycles. The van der Waals surface area contributed by atoms with E-state index in [0.29, 0.717) is 11.3 Å². The van der Waals surface area contributed by atoms with Gasteiger partial charge in [-0.25, -0.2) is 0 Å². The third-order valence-electron chi connectivity index (χ3n) is 2.76. The average molecular weight is 214 g/mol. The van der Waals surface area contributed by atoms with Crippen LogP contribution in [-0.4, -0.2) is 28.5 Å². The van der Waals surface area contributed by atoms with Crippen molar-refractivity contribution in [2.75, 3.05) is 0 Å². The summed E-state index contributed by atoms with van der Waals surface area (Å²) >= 11 is 1.38. The van der Waals surface area contributed by atoms with Gasteiger partial charge >= 0.3 is 0 Å². The van der Waals surface area contributed by atoms with E-state index in [2.05, 4.69) is 10.6 Å². The van der Waals surface area contributed by atoms with Gasteiger partial charge in [0, 0.05) is 24.3 Å². The molecule has 3 unspecified atom stereocenters. The zero-order chi connectivity index (χ0) is 10.1. The van der Waals surface area contributed by atoms with Crippen molar-refractivity contribution < 1.29 is 9.59 Å². The second kappa shape index (κ2) is 3.81. The molecule has 1 aliphatic carbocycles. The molecule has 2 aliphatic rings. The first-order chi connectivity index (χ1) is 6.65. The molecule has 5 heteroatoms. The van der Waals surface area contributed by atoms with Crippen LogP contribution in [0.15, 0.2) is 0 Å². The van der Waals surface area contributed by atoms with E-state index in [-0.39, 0.29) is 17.2 Å². The van der Waals surface area contributed by atoms with E-state index < -0.39 is 0 Å². The smallest absolute Gasteiger partial charge is 0.279 e. The zero-order valence-electron chi connectivity index (χ0n) is 8.08. The molecule has 0 aromatic rings. The van der Waals surface area contributed by atoms with E-state index in [1.807, 2.05) is 0 Å². The van der Waals surface area contributed by atoms with Crippen molar-refractivity contribution in [2.45, 2.75) is 43.5 Å². The van der Waals surface area contributed by atoms with Crippen molar-refractivity contribution in [3.05, 3.63) is 0 Å². The molecule has 2 rings (SSSR count). The number of amides is 2. The summed E-state index contributed by atoms with van der Waals surface area (Å²) in [5.74, 6) is 0.0238. The highest BCUT2D eigenvalue weighted by Crippen LogP contribution is 2.34. The fourth-order valence-electron chi connectivity index (χ4n) is 2.17. The summed E-state index contributed by atoms with van der Waals surface area (Å²) in [7, 11) is 0. The van der Waals surface area contributed by atoms with E-state index in [4.69, 9.17) is 0 Å². The van der Waals surface area contributed by atoms with Crippen molar-refractivity contribution in [3.63, 3.8) is 0 Å². The topological polar surface area (TPSA) is 58.2 Å². The molecule has 0 bridgehead atoms. The molecule has 2 fully saturated rings. The first-order valence-corrected chi connectivity index (χ1v) is 5.77. The highest BCUT2D eigenvalue weighted by atomic mass is 32.2. The lowest BCUT2D eigenvalue weighted by Gasteiger charge is -2.30.